The molecule has 2 rings (SSSR count). The van der Waals surface area contributed by atoms with Gasteiger partial charge in [-0.3, -0.25) is 4.79 Å². The van der Waals surface area contributed by atoms with Crippen LogP contribution in [0.5, 0.6) is 0 Å². The van der Waals surface area contributed by atoms with Gasteiger partial charge in [0.1, 0.15) is 0 Å². The number of sulfonamides is 1. The maximum atomic E-state index is 11.9. The molecule has 0 aromatic heterocycles. The zero-order valence-corrected chi connectivity index (χ0v) is 11.4. The van der Waals surface area contributed by atoms with E-state index in [0.29, 0.717) is 5.56 Å². The third-order valence-electron chi connectivity index (χ3n) is 2.69. The SMILES string of the molecule is NS(=O)(=O)c1ccc(C(=O)/C=C/c2ccccc2)cc1. The van der Waals surface area contributed by atoms with Gasteiger partial charge in [0, 0.05) is 5.56 Å². The highest BCUT2D eigenvalue weighted by atomic mass is 32.2. The van der Waals surface area contributed by atoms with Crippen molar-refractivity contribution in [3.8, 4) is 0 Å². The first-order chi connectivity index (χ1) is 9.47. The van der Waals surface area contributed by atoms with Gasteiger partial charge in [-0.05, 0) is 35.9 Å². The van der Waals surface area contributed by atoms with E-state index in [1.165, 1.54) is 30.3 Å². The lowest BCUT2D eigenvalue weighted by Crippen LogP contribution is -2.12. The summed E-state index contributed by atoms with van der Waals surface area (Å²) in [5.74, 6) is -0.199. The predicted octanol–water partition coefficient (Wildman–Crippen LogP) is 2.23. The molecule has 0 bridgehead atoms. The lowest BCUT2D eigenvalue weighted by atomic mass is 10.1. The summed E-state index contributed by atoms with van der Waals surface area (Å²) in [6.45, 7) is 0. The van der Waals surface area contributed by atoms with E-state index in [-0.39, 0.29) is 10.7 Å². The van der Waals surface area contributed by atoms with Crippen LogP contribution in [0.4, 0.5) is 0 Å². The highest BCUT2D eigenvalue weighted by Crippen LogP contribution is 2.10. The summed E-state index contributed by atoms with van der Waals surface area (Å²) in [6.07, 6.45) is 3.15. The molecule has 4 nitrogen and oxygen atoms in total. The molecule has 0 unspecified atom stereocenters. The summed E-state index contributed by atoms with van der Waals surface area (Å²) in [5.41, 5.74) is 1.33. The van der Waals surface area contributed by atoms with Crippen molar-refractivity contribution in [1.82, 2.24) is 0 Å². The molecule has 20 heavy (non-hydrogen) atoms. The van der Waals surface area contributed by atoms with Crippen LogP contribution in [0.15, 0.2) is 65.6 Å². The molecule has 0 radical (unpaired) electrons. The third kappa shape index (κ3) is 3.63. The quantitative estimate of drug-likeness (QED) is 0.692. The summed E-state index contributed by atoms with van der Waals surface area (Å²) in [4.78, 5) is 11.9. The molecule has 0 amide bonds. The molecule has 0 aliphatic rings. The fourth-order valence-electron chi connectivity index (χ4n) is 1.64. The van der Waals surface area contributed by atoms with E-state index in [1.54, 1.807) is 6.08 Å². The van der Waals surface area contributed by atoms with Crippen molar-refractivity contribution in [2.24, 2.45) is 5.14 Å². The number of nitrogens with two attached hydrogens (primary N) is 1. The number of rotatable bonds is 4. The number of hydrogen-bond acceptors (Lipinski definition) is 3. The Balaban J connectivity index is 2.16. The standard InChI is InChI=1S/C15H13NO3S/c16-20(18,19)14-9-7-13(8-10-14)15(17)11-6-12-4-2-1-3-5-12/h1-11H,(H2,16,18,19)/b11-6+. The molecule has 2 N–H and O–H groups in total. The summed E-state index contributed by atoms with van der Waals surface area (Å²) in [6, 6.07) is 14.9. The molecule has 0 fully saturated rings. The van der Waals surface area contributed by atoms with Crippen LogP contribution < -0.4 is 5.14 Å². The van der Waals surface area contributed by atoms with E-state index in [0.717, 1.165) is 5.56 Å². The van der Waals surface area contributed by atoms with E-state index in [4.69, 9.17) is 5.14 Å². The Labute approximate surface area is 117 Å². The monoisotopic (exact) mass is 287 g/mol. The molecule has 102 valence electrons. The van der Waals surface area contributed by atoms with Crippen LogP contribution in [-0.2, 0) is 10.0 Å². The molecule has 2 aromatic rings. The van der Waals surface area contributed by atoms with Crippen LogP contribution in [0.3, 0.4) is 0 Å². The smallest absolute Gasteiger partial charge is 0.238 e. The Bertz CT molecular complexity index is 732. The Morgan fingerprint density at radius 2 is 1.55 bits per heavy atom. The summed E-state index contributed by atoms with van der Waals surface area (Å²) in [5, 5.41) is 4.99. The number of benzene rings is 2. The predicted molar refractivity (Wildman–Crippen MR) is 77.6 cm³/mol. The Morgan fingerprint density at radius 3 is 2.10 bits per heavy atom. The van der Waals surface area contributed by atoms with Crippen LogP contribution in [0.2, 0.25) is 0 Å². The molecule has 0 spiro atoms. The normalized spacial score (nSPS) is 11.7. The van der Waals surface area contributed by atoms with Crippen molar-refractivity contribution in [2.75, 3.05) is 0 Å². The minimum Gasteiger partial charge on any atom is -0.289 e. The first kappa shape index (κ1) is 14.2. The maximum Gasteiger partial charge on any atom is 0.238 e. The Hall–Kier alpha value is -2.24. The number of hydrogen-bond donors (Lipinski definition) is 1. The number of ketones is 1. The molecule has 0 heterocycles. The fourth-order valence-corrected chi connectivity index (χ4v) is 2.16. The van der Waals surface area contributed by atoms with Gasteiger partial charge in [0.15, 0.2) is 5.78 Å². The zero-order chi connectivity index (χ0) is 14.6. The molecule has 0 aliphatic heterocycles. The lowest BCUT2D eigenvalue weighted by Gasteiger charge is -1.99. The lowest BCUT2D eigenvalue weighted by molar-refractivity contribution is 0.104. The number of allylic oxidation sites excluding steroid dienone is 1. The van der Waals surface area contributed by atoms with Gasteiger partial charge in [-0.1, -0.05) is 36.4 Å². The Morgan fingerprint density at radius 1 is 0.950 bits per heavy atom. The van der Waals surface area contributed by atoms with Gasteiger partial charge in [0.25, 0.3) is 0 Å². The Kier molecular flexibility index (Phi) is 4.12. The molecule has 0 saturated heterocycles. The van der Waals surface area contributed by atoms with Crippen molar-refractivity contribution >= 4 is 21.9 Å². The van der Waals surface area contributed by atoms with Gasteiger partial charge in [0.2, 0.25) is 10.0 Å². The molecular weight excluding hydrogens is 274 g/mol. The highest BCUT2D eigenvalue weighted by Gasteiger charge is 2.08. The third-order valence-corrected chi connectivity index (χ3v) is 3.62. The minimum atomic E-state index is -3.73. The second-order valence-electron chi connectivity index (χ2n) is 4.18. The topological polar surface area (TPSA) is 77.2 Å². The van der Waals surface area contributed by atoms with Crippen LogP contribution in [-0.4, -0.2) is 14.2 Å². The summed E-state index contributed by atoms with van der Waals surface area (Å²) in [7, 11) is -3.73. The van der Waals surface area contributed by atoms with Crippen molar-refractivity contribution in [3.05, 3.63) is 71.8 Å². The van der Waals surface area contributed by atoms with Gasteiger partial charge in [-0.2, -0.15) is 0 Å². The van der Waals surface area contributed by atoms with Crippen LogP contribution in [0, 0.1) is 0 Å². The largest absolute Gasteiger partial charge is 0.289 e. The van der Waals surface area contributed by atoms with Crippen molar-refractivity contribution < 1.29 is 13.2 Å². The number of primary sulfonamides is 1. The molecule has 0 atom stereocenters. The van der Waals surface area contributed by atoms with E-state index in [1.807, 2.05) is 30.3 Å². The van der Waals surface area contributed by atoms with Crippen LogP contribution >= 0.6 is 0 Å². The maximum absolute atomic E-state index is 11.9. The van der Waals surface area contributed by atoms with Gasteiger partial charge >= 0.3 is 0 Å². The molecule has 5 heteroatoms. The molecule has 0 saturated carbocycles. The van der Waals surface area contributed by atoms with E-state index in [9.17, 15) is 13.2 Å². The van der Waals surface area contributed by atoms with Crippen molar-refractivity contribution in [1.29, 1.82) is 0 Å². The molecule has 0 aliphatic carbocycles. The summed E-state index contributed by atoms with van der Waals surface area (Å²) >= 11 is 0. The van der Waals surface area contributed by atoms with Gasteiger partial charge in [0.05, 0.1) is 4.90 Å². The first-order valence-corrected chi connectivity index (χ1v) is 7.42. The van der Waals surface area contributed by atoms with Gasteiger partial charge in [-0.15, -0.1) is 0 Å². The zero-order valence-electron chi connectivity index (χ0n) is 10.6. The molecular formula is C15H13NO3S. The van der Waals surface area contributed by atoms with Gasteiger partial charge in [-0.25, -0.2) is 13.6 Å². The van der Waals surface area contributed by atoms with E-state index >= 15 is 0 Å². The molecule has 2 aromatic carbocycles. The minimum absolute atomic E-state index is 0.0129. The van der Waals surface area contributed by atoms with Crippen LogP contribution in [0.25, 0.3) is 6.08 Å². The second-order valence-corrected chi connectivity index (χ2v) is 5.74. The van der Waals surface area contributed by atoms with E-state index in [2.05, 4.69) is 0 Å². The van der Waals surface area contributed by atoms with E-state index < -0.39 is 10.0 Å². The van der Waals surface area contributed by atoms with Crippen molar-refractivity contribution in [3.63, 3.8) is 0 Å². The number of carbonyl (C=O) groups excluding carboxylic acids is 1. The first-order valence-electron chi connectivity index (χ1n) is 5.87. The van der Waals surface area contributed by atoms with Crippen LogP contribution in [0.1, 0.15) is 15.9 Å². The highest BCUT2D eigenvalue weighted by molar-refractivity contribution is 7.89. The van der Waals surface area contributed by atoms with Gasteiger partial charge < -0.3 is 0 Å². The summed E-state index contributed by atoms with van der Waals surface area (Å²) < 4.78 is 22.2. The fraction of sp³-hybridized carbons (Fsp3) is 0. The average Bonchev–Trinajstić information content (AvgIpc) is 2.45. The van der Waals surface area contributed by atoms with Crippen molar-refractivity contribution in [2.45, 2.75) is 4.90 Å². The average molecular weight is 287 g/mol. The second kappa shape index (κ2) is 5.81. The number of carbonyl (C=O) groups is 1.